The first-order valence-corrected chi connectivity index (χ1v) is 11.9. The van der Waals surface area contributed by atoms with Crippen LogP contribution >= 0.6 is 0 Å². The van der Waals surface area contributed by atoms with Gasteiger partial charge < -0.3 is 9.84 Å². The third-order valence-corrected chi connectivity index (χ3v) is 7.30. The molecule has 164 valence electrons. The van der Waals surface area contributed by atoms with E-state index < -0.39 is 26.0 Å². The molecule has 2 aromatic rings. The Balaban J connectivity index is 2.18. The number of nitrogens with zero attached hydrogens (tertiary/aromatic N) is 1. The van der Waals surface area contributed by atoms with Gasteiger partial charge in [0.2, 0.25) is 10.0 Å². The van der Waals surface area contributed by atoms with Crippen LogP contribution in [0.1, 0.15) is 18.4 Å². The molecule has 0 unspecified atom stereocenters. The Morgan fingerprint density at radius 1 is 1.07 bits per heavy atom. The van der Waals surface area contributed by atoms with Gasteiger partial charge in [-0.1, -0.05) is 6.07 Å². The molecule has 0 aliphatic rings. The Kier molecular flexibility index (Phi) is 7.45. The zero-order valence-electron chi connectivity index (χ0n) is 16.8. The Morgan fingerprint density at radius 3 is 2.37 bits per heavy atom. The first kappa shape index (κ1) is 23.6. The molecule has 9 nitrogen and oxygen atoms in total. The van der Waals surface area contributed by atoms with Crippen LogP contribution in [-0.4, -0.2) is 52.9 Å². The molecule has 0 aromatic heterocycles. The second-order valence-corrected chi connectivity index (χ2v) is 10.5. The first-order chi connectivity index (χ1) is 13.9. The monoisotopic (exact) mass is 456 g/mol. The van der Waals surface area contributed by atoms with Gasteiger partial charge in [0.05, 0.1) is 22.1 Å². The highest BCUT2D eigenvalue weighted by Crippen LogP contribution is 2.25. The van der Waals surface area contributed by atoms with E-state index in [0.29, 0.717) is 17.7 Å². The zero-order chi connectivity index (χ0) is 22.5. The molecule has 0 aliphatic heterocycles. The normalized spacial score (nSPS) is 12.0. The molecule has 2 rings (SSSR count). The van der Waals surface area contributed by atoms with Crippen molar-refractivity contribution in [2.45, 2.75) is 29.6 Å². The summed E-state index contributed by atoms with van der Waals surface area (Å²) in [6.07, 6.45) is 0.320. The van der Waals surface area contributed by atoms with E-state index in [4.69, 9.17) is 9.84 Å². The minimum absolute atomic E-state index is 0.0150. The lowest BCUT2D eigenvalue weighted by molar-refractivity contribution is -0.137. The van der Waals surface area contributed by atoms with Crippen LogP contribution < -0.4 is 9.46 Å². The molecular formula is C19H24N2O7S2. The third-order valence-electron chi connectivity index (χ3n) is 4.11. The minimum atomic E-state index is -3.96. The van der Waals surface area contributed by atoms with E-state index in [-0.39, 0.29) is 28.5 Å². The van der Waals surface area contributed by atoms with Gasteiger partial charge in [0.25, 0.3) is 10.0 Å². The predicted molar refractivity (Wildman–Crippen MR) is 112 cm³/mol. The van der Waals surface area contributed by atoms with Gasteiger partial charge in [0, 0.05) is 20.5 Å². The highest BCUT2D eigenvalue weighted by molar-refractivity contribution is 7.92. The summed E-state index contributed by atoms with van der Waals surface area (Å²) >= 11 is 0. The highest BCUT2D eigenvalue weighted by Gasteiger charge is 2.20. The number of carboxylic acids is 1. The Labute approximate surface area is 176 Å². The largest absolute Gasteiger partial charge is 0.493 e. The average molecular weight is 457 g/mol. The number of sulfonamides is 2. The van der Waals surface area contributed by atoms with Gasteiger partial charge in [-0.15, -0.1) is 0 Å². The number of benzene rings is 2. The van der Waals surface area contributed by atoms with Crippen LogP contribution in [0.3, 0.4) is 0 Å². The molecular weight excluding hydrogens is 432 g/mol. The lowest BCUT2D eigenvalue weighted by Crippen LogP contribution is -2.22. The van der Waals surface area contributed by atoms with E-state index in [1.807, 2.05) is 0 Å². The minimum Gasteiger partial charge on any atom is -0.493 e. The molecule has 2 N–H and O–H groups in total. The Morgan fingerprint density at radius 2 is 1.77 bits per heavy atom. The van der Waals surface area contributed by atoms with Gasteiger partial charge in [-0.25, -0.2) is 21.1 Å². The van der Waals surface area contributed by atoms with Crippen molar-refractivity contribution in [2.24, 2.45) is 0 Å². The van der Waals surface area contributed by atoms with Gasteiger partial charge in [0.1, 0.15) is 5.75 Å². The number of nitrogens with one attached hydrogen (secondary N) is 1. The number of anilines is 1. The number of ether oxygens (including phenoxy) is 1. The molecule has 0 saturated heterocycles. The molecule has 11 heteroatoms. The van der Waals surface area contributed by atoms with Crippen LogP contribution in [-0.2, 0) is 24.8 Å². The Bertz CT molecular complexity index is 1130. The number of hydrogen-bond acceptors (Lipinski definition) is 6. The number of carboxylic acid groups (broad SMARTS) is 1. The fourth-order valence-corrected chi connectivity index (χ4v) is 4.58. The molecule has 0 fully saturated rings. The van der Waals surface area contributed by atoms with E-state index in [1.54, 1.807) is 6.92 Å². The van der Waals surface area contributed by atoms with Crippen molar-refractivity contribution in [3.63, 3.8) is 0 Å². The summed E-state index contributed by atoms with van der Waals surface area (Å²) in [5, 5.41) is 8.64. The second-order valence-electron chi connectivity index (χ2n) is 6.69. The number of aryl methyl sites for hydroxylation is 1. The molecule has 0 atom stereocenters. The molecule has 0 amide bonds. The standard InChI is InChI=1S/C19H24N2O7S2/c1-14-12-16(9-10-18(14)28-11-5-8-19(22)23)29(24,25)20-15-6-4-7-17(13-15)30(26,27)21(2)3/h4,6-7,9-10,12-13,20H,5,8,11H2,1-3H3,(H,22,23). The summed E-state index contributed by atoms with van der Waals surface area (Å²) in [6.45, 7) is 1.88. The maximum absolute atomic E-state index is 12.7. The number of aliphatic carboxylic acids is 1. The summed E-state index contributed by atoms with van der Waals surface area (Å²) in [5.74, 6) is -0.455. The van der Waals surface area contributed by atoms with Crippen molar-refractivity contribution in [1.82, 2.24) is 4.31 Å². The summed E-state index contributed by atoms with van der Waals surface area (Å²) < 4.78 is 58.9. The van der Waals surface area contributed by atoms with Crippen molar-refractivity contribution in [2.75, 3.05) is 25.4 Å². The van der Waals surface area contributed by atoms with Crippen LogP contribution in [0.4, 0.5) is 5.69 Å². The van der Waals surface area contributed by atoms with Crippen molar-refractivity contribution in [1.29, 1.82) is 0 Å². The molecule has 2 aromatic carbocycles. The molecule has 0 heterocycles. The number of hydrogen-bond donors (Lipinski definition) is 2. The van der Waals surface area contributed by atoms with Crippen molar-refractivity contribution < 1.29 is 31.5 Å². The van der Waals surface area contributed by atoms with Gasteiger partial charge in [-0.05, 0) is 55.3 Å². The fourth-order valence-electron chi connectivity index (χ4n) is 2.50. The predicted octanol–water partition coefficient (Wildman–Crippen LogP) is 2.29. The summed E-state index contributed by atoms with van der Waals surface area (Å²) in [6, 6.07) is 9.83. The van der Waals surface area contributed by atoms with E-state index in [0.717, 1.165) is 4.31 Å². The van der Waals surface area contributed by atoms with Crippen LogP contribution in [0.25, 0.3) is 0 Å². The Hall–Kier alpha value is -2.63. The highest BCUT2D eigenvalue weighted by atomic mass is 32.2. The SMILES string of the molecule is Cc1cc(S(=O)(=O)Nc2cccc(S(=O)(=O)N(C)C)c2)ccc1OCCCC(=O)O. The van der Waals surface area contributed by atoms with E-state index >= 15 is 0 Å². The van der Waals surface area contributed by atoms with Crippen LogP contribution in [0.2, 0.25) is 0 Å². The van der Waals surface area contributed by atoms with Gasteiger partial charge in [0.15, 0.2) is 0 Å². The summed E-state index contributed by atoms with van der Waals surface area (Å²) in [5.41, 5.74) is 0.682. The van der Waals surface area contributed by atoms with Gasteiger partial charge >= 0.3 is 5.97 Å². The van der Waals surface area contributed by atoms with Crippen molar-refractivity contribution in [3.05, 3.63) is 48.0 Å². The molecule has 0 aliphatic carbocycles. The molecule has 0 bridgehead atoms. The molecule has 0 spiro atoms. The van der Waals surface area contributed by atoms with E-state index in [2.05, 4.69) is 4.72 Å². The van der Waals surface area contributed by atoms with E-state index in [1.165, 1.54) is 56.6 Å². The van der Waals surface area contributed by atoms with Gasteiger partial charge in [-0.3, -0.25) is 9.52 Å². The van der Waals surface area contributed by atoms with E-state index in [9.17, 15) is 21.6 Å². The number of rotatable bonds is 10. The molecule has 0 saturated carbocycles. The topological polar surface area (TPSA) is 130 Å². The first-order valence-electron chi connectivity index (χ1n) is 8.94. The number of carbonyl (C=O) groups is 1. The lowest BCUT2D eigenvalue weighted by atomic mass is 10.2. The third kappa shape index (κ3) is 5.94. The summed E-state index contributed by atoms with van der Waals surface area (Å²) in [4.78, 5) is 10.5. The van der Waals surface area contributed by atoms with Crippen LogP contribution in [0, 0.1) is 6.92 Å². The lowest BCUT2D eigenvalue weighted by Gasteiger charge is -2.14. The van der Waals surface area contributed by atoms with Crippen LogP contribution in [0.5, 0.6) is 5.75 Å². The average Bonchev–Trinajstić information content (AvgIpc) is 2.65. The smallest absolute Gasteiger partial charge is 0.303 e. The quantitative estimate of drug-likeness (QED) is 0.525. The fraction of sp³-hybridized carbons (Fsp3) is 0.316. The second kappa shape index (κ2) is 9.45. The van der Waals surface area contributed by atoms with Crippen molar-refractivity contribution >= 4 is 31.7 Å². The maximum atomic E-state index is 12.7. The maximum Gasteiger partial charge on any atom is 0.303 e. The van der Waals surface area contributed by atoms with Gasteiger partial charge in [-0.2, -0.15) is 0 Å². The molecule has 0 radical (unpaired) electrons. The molecule has 30 heavy (non-hydrogen) atoms. The van der Waals surface area contributed by atoms with Crippen molar-refractivity contribution in [3.8, 4) is 5.75 Å². The zero-order valence-corrected chi connectivity index (χ0v) is 18.5. The summed E-state index contributed by atoms with van der Waals surface area (Å²) in [7, 11) is -4.89. The van der Waals surface area contributed by atoms with Crippen LogP contribution in [0.15, 0.2) is 52.3 Å².